The largest absolute Gasteiger partial charge is 0.116 e. The van der Waals surface area contributed by atoms with Gasteiger partial charge >= 0.3 is 0 Å². The topological polar surface area (TPSA) is 0 Å². The van der Waals surface area contributed by atoms with Crippen LogP contribution in [0.1, 0.15) is 91.9 Å². The fourth-order valence-corrected chi connectivity index (χ4v) is 4.17. The van der Waals surface area contributed by atoms with Crippen LogP contribution >= 0.6 is 8.58 Å². The van der Waals surface area contributed by atoms with Crippen molar-refractivity contribution in [3.63, 3.8) is 0 Å². The molecule has 0 bridgehead atoms. The lowest BCUT2D eigenvalue weighted by atomic mass is 9.95. The summed E-state index contributed by atoms with van der Waals surface area (Å²) in [5.41, 5.74) is 0. The highest BCUT2D eigenvalue weighted by molar-refractivity contribution is 7.39. The summed E-state index contributed by atoms with van der Waals surface area (Å²) in [7, 11) is 1.18. The Morgan fingerprint density at radius 2 is 1.18 bits per heavy atom. The zero-order valence-corrected chi connectivity index (χ0v) is 13.8. The van der Waals surface area contributed by atoms with E-state index in [1.807, 2.05) is 0 Å². The second-order valence-corrected chi connectivity index (χ2v) is 7.98. The van der Waals surface area contributed by atoms with Gasteiger partial charge in [-0.05, 0) is 24.2 Å². The SMILES string of the molecule is CCCCCCC(C)(CCCCCC)PCC. The maximum Gasteiger partial charge on any atom is -0.0150 e. The Morgan fingerprint density at radius 3 is 1.53 bits per heavy atom. The van der Waals surface area contributed by atoms with E-state index in [1.54, 1.807) is 0 Å². The van der Waals surface area contributed by atoms with E-state index in [-0.39, 0.29) is 0 Å². The molecule has 0 fully saturated rings. The van der Waals surface area contributed by atoms with Crippen molar-refractivity contribution in [3.8, 4) is 0 Å². The Balaban J connectivity index is 3.80. The minimum Gasteiger partial charge on any atom is -0.116 e. The quantitative estimate of drug-likeness (QED) is 0.281. The third-order valence-corrected chi connectivity index (χ3v) is 5.47. The first-order valence-electron chi connectivity index (χ1n) is 7.93. The second kappa shape index (κ2) is 11.5. The molecule has 0 aliphatic carbocycles. The molecule has 0 aromatic carbocycles. The lowest BCUT2D eigenvalue weighted by Crippen LogP contribution is -2.18. The van der Waals surface area contributed by atoms with Crippen molar-refractivity contribution in [2.45, 2.75) is 97.1 Å². The molecule has 104 valence electrons. The van der Waals surface area contributed by atoms with Crippen LogP contribution in [0, 0.1) is 0 Å². The molecule has 0 N–H and O–H groups in total. The summed E-state index contributed by atoms with van der Waals surface area (Å²) in [5, 5.41) is 0.677. The molecule has 0 aliphatic heterocycles. The van der Waals surface area contributed by atoms with E-state index in [1.165, 1.54) is 79.0 Å². The molecule has 0 aromatic heterocycles. The average Bonchev–Trinajstić information content (AvgIpc) is 2.31. The molecule has 0 spiro atoms. The van der Waals surface area contributed by atoms with Crippen LogP contribution in [-0.2, 0) is 0 Å². The van der Waals surface area contributed by atoms with E-state index in [0.29, 0.717) is 5.16 Å². The molecule has 1 heteroatoms. The van der Waals surface area contributed by atoms with Crippen LogP contribution in [0.15, 0.2) is 0 Å². The number of rotatable bonds is 12. The minimum absolute atomic E-state index is 0.677. The summed E-state index contributed by atoms with van der Waals surface area (Å²) >= 11 is 0. The first-order chi connectivity index (χ1) is 8.18. The summed E-state index contributed by atoms with van der Waals surface area (Å²) in [4.78, 5) is 0. The van der Waals surface area contributed by atoms with Crippen LogP contribution in [0.25, 0.3) is 0 Å². The van der Waals surface area contributed by atoms with Gasteiger partial charge in [0.15, 0.2) is 0 Å². The van der Waals surface area contributed by atoms with E-state index in [0.717, 1.165) is 0 Å². The molecule has 0 radical (unpaired) electrons. The van der Waals surface area contributed by atoms with Crippen molar-refractivity contribution < 1.29 is 0 Å². The minimum atomic E-state index is 0.677. The van der Waals surface area contributed by atoms with Crippen molar-refractivity contribution in [2.75, 3.05) is 6.16 Å². The first kappa shape index (κ1) is 17.4. The van der Waals surface area contributed by atoms with E-state index >= 15 is 0 Å². The van der Waals surface area contributed by atoms with Gasteiger partial charge in [0.05, 0.1) is 0 Å². The molecular formula is C16H35P. The average molecular weight is 258 g/mol. The Morgan fingerprint density at radius 1 is 0.706 bits per heavy atom. The van der Waals surface area contributed by atoms with Crippen LogP contribution < -0.4 is 0 Å². The number of hydrogen-bond donors (Lipinski definition) is 0. The van der Waals surface area contributed by atoms with Crippen molar-refractivity contribution in [2.24, 2.45) is 0 Å². The zero-order chi connectivity index (χ0) is 13.0. The molecule has 0 saturated carbocycles. The highest BCUT2D eigenvalue weighted by Gasteiger charge is 2.21. The Bertz CT molecular complexity index is 142. The summed E-state index contributed by atoms with van der Waals surface area (Å²) in [5.74, 6) is 0. The molecule has 1 unspecified atom stereocenters. The summed E-state index contributed by atoms with van der Waals surface area (Å²) in [6.45, 7) is 9.51. The normalized spacial score (nSPS) is 12.7. The van der Waals surface area contributed by atoms with E-state index in [9.17, 15) is 0 Å². The highest BCUT2D eigenvalue weighted by atomic mass is 31.1. The van der Waals surface area contributed by atoms with E-state index < -0.39 is 0 Å². The van der Waals surface area contributed by atoms with Gasteiger partial charge in [0.1, 0.15) is 0 Å². The van der Waals surface area contributed by atoms with Crippen molar-refractivity contribution in [1.29, 1.82) is 0 Å². The van der Waals surface area contributed by atoms with Gasteiger partial charge in [0.2, 0.25) is 0 Å². The maximum atomic E-state index is 2.55. The summed E-state index contributed by atoms with van der Waals surface area (Å²) in [6.07, 6.45) is 15.8. The van der Waals surface area contributed by atoms with Gasteiger partial charge in [-0.15, -0.1) is 8.58 Å². The maximum absolute atomic E-state index is 2.55. The highest BCUT2D eigenvalue weighted by Crippen LogP contribution is 2.40. The van der Waals surface area contributed by atoms with Crippen molar-refractivity contribution in [1.82, 2.24) is 0 Å². The predicted molar refractivity (Wildman–Crippen MR) is 84.8 cm³/mol. The predicted octanol–water partition coefficient (Wildman–Crippen LogP) is 6.38. The smallest absolute Gasteiger partial charge is 0.0150 e. The lowest BCUT2D eigenvalue weighted by molar-refractivity contribution is 0.470. The number of unbranched alkanes of at least 4 members (excludes halogenated alkanes) is 6. The second-order valence-electron chi connectivity index (χ2n) is 5.71. The van der Waals surface area contributed by atoms with Gasteiger partial charge in [-0.25, -0.2) is 0 Å². The van der Waals surface area contributed by atoms with Gasteiger partial charge in [0, 0.05) is 0 Å². The molecule has 0 rings (SSSR count). The monoisotopic (exact) mass is 258 g/mol. The molecular weight excluding hydrogens is 223 g/mol. The van der Waals surface area contributed by atoms with Gasteiger partial charge in [-0.1, -0.05) is 79.1 Å². The van der Waals surface area contributed by atoms with Crippen LogP contribution in [-0.4, -0.2) is 11.3 Å². The molecule has 0 aromatic rings. The molecule has 0 saturated heterocycles. The summed E-state index contributed by atoms with van der Waals surface area (Å²) in [6, 6.07) is 0. The van der Waals surface area contributed by atoms with Crippen LogP contribution in [0.2, 0.25) is 0 Å². The van der Waals surface area contributed by atoms with E-state index in [2.05, 4.69) is 27.7 Å². The van der Waals surface area contributed by atoms with Crippen molar-refractivity contribution in [3.05, 3.63) is 0 Å². The number of hydrogen-bond acceptors (Lipinski definition) is 0. The fraction of sp³-hybridized carbons (Fsp3) is 1.00. The van der Waals surface area contributed by atoms with Gasteiger partial charge < -0.3 is 0 Å². The van der Waals surface area contributed by atoms with Gasteiger partial charge in [0.25, 0.3) is 0 Å². The Labute approximate surface area is 112 Å². The first-order valence-corrected chi connectivity index (χ1v) is 9.14. The van der Waals surface area contributed by atoms with Crippen LogP contribution in [0.4, 0.5) is 0 Å². The zero-order valence-electron chi connectivity index (χ0n) is 12.8. The van der Waals surface area contributed by atoms with Crippen LogP contribution in [0.5, 0.6) is 0 Å². The fourth-order valence-electron chi connectivity index (χ4n) is 2.61. The Kier molecular flexibility index (Phi) is 11.8. The lowest BCUT2D eigenvalue weighted by Gasteiger charge is -2.29. The van der Waals surface area contributed by atoms with E-state index in [4.69, 9.17) is 0 Å². The van der Waals surface area contributed by atoms with Crippen molar-refractivity contribution >= 4 is 8.58 Å². The molecule has 0 aliphatic rings. The molecule has 17 heavy (non-hydrogen) atoms. The van der Waals surface area contributed by atoms with Gasteiger partial charge in [-0.2, -0.15) is 0 Å². The third kappa shape index (κ3) is 10.1. The molecule has 0 nitrogen and oxygen atoms in total. The molecule has 1 atom stereocenters. The molecule has 0 heterocycles. The molecule has 0 amide bonds. The summed E-state index contributed by atoms with van der Waals surface area (Å²) < 4.78 is 0. The standard InChI is InChI=1S/C16H35P/c1-5-8-10-12-14-16(4,17-7-3)15-13-11-9-6-2/h17H,5-15H2,1-4H3. The third-order valence-electron chi connectivity index (χ3n) is 3.77. The van der Waals surface area contributed by atoms with Crippen LogP contribution in [0.3, 0.4) is 0 Å². The van der Waals surface area contributed by atoms with Gasteiger partial charge in [-0.3, -0.25) is 0 Å². The Hall–Kier alpha value is 0.430.